The third-order valence-electron chi connectivity index (χ3n) is 2.64. The van der Waals surface area contributed by atoms with Gasteiger partial charge in [-0.1, -0.05) is 43.3 Å². The molecule has 0 aliphatic heterocycles. The van der Waals surface area contributed by atoms with E-state index in [0.717, 1.165) is 17.9 Å². The summed E-state index contributed by atoms with van der Waals surface area (Å²) < 4.78 is 11.1. The van der Waals surface area contributed by atoms with Crippen molar-refractivity contribution in [2.75, 3.05) is 6.61 Å². The molecule has 1 heterocycles. The van der Waals surface area contributed by atoms with Crippen LogP contribution in [0.4, 0.5) is 0 Å². The minimum atomic E-state index is 0.594. The fourth-order valence-corrected chi connectivity index (χ4v) is 1.66. The number of rotatable bonds is 6. The van der Waals surface area contributed by atoms with Gasteiger partial charge in [0.1, 0.15) is 11.5 Å². The van der Waals surface area contributed by atoms with Crippen molar-refractivity contribution in [3.05, 3.63) is 65.6 Å². The summed E-state index contributed by atoms with van der Waals surface area (Å²) in [5.41, 5.74) is 1.19. The van der Waals surface area contributed by atoms with Gasteiger partial charge in [-0.25, -0.2) is 0 Å². The maximum atomic E-state index is 5.56. The molecule has 0 N–H and O–H groups in total. The van der Waals surface area contributed by atoms with Gasteiger partial charge in [0.25, 0.3) is 0 Å². The fraction of sp³-hybridized carbons (Fsp3) is 0.250. The molecule has 0 saturated heterocycles. The Morgan fingerprint density at radius 2 is 1.94 bits per heavy atom. The summed E-state index contributed by atoms with van der Waals surface area (Å²) in [6, 6.07) is 14.1. The summed E-state index contributed by atoms with van der Waals surface area (Å²) in [6.07, 6.45) is 4.85. The SMILES string of the molecule is CCc1ccc(/C=C/COCc2ccccc2)o1. The lowest BCUT2D eigenvalue weighted by Crippen LogP contribution is -1.91. The molecule has 0 saturated carbocycles. The second-order valence-corrected chi connectivity index (χ2v) is 4.06. The maximum Gasteiger partial charge on any atom is 0.126 e. The molecular formula is C16H18O2. The third-order valence-corrected chi connectivity index (χ3v) is 2.64. The summed E-state index contributed by atoms with van der Waals surface area (Å²) in [5.74, 6) is 1.90. The summed E-state index contributed by atoms with van der Waals surface area (Å²) in [7, 11) is 0. The highest BCUT2D eigenvalue weighted by atomic mass is 16.5. The minimum absolute atomic E-state index is 0.594. The minimum Gasteiger partial charge on any atom is -0.462 e. The maximum absolute atomic E-state index is 5.56. The first-order valence-electron chi connectivity index (χ1n) is 6.25. The number of benzene rings is 1. The monoisotopic (exact) mass is 242 g/mol. The number of ether oxygens (including phenoxy) is 1. The molecule has 94 valence electrons. The highest BCUT2D eigenvalue weighted by Gasteiger charge is 1.95. The second kappa shape index (κ2) is 6.82. The van der Waals surface area contributed by atoms with E-state index >= 15 is 0 Å². The van der Waals surface area contributed by atoms with Crippen molar-refractivity contribution in [2.24, 2.45) is 0 Å². The van der Waals surface area contributed by atoms with Crippen LogP contribution in [0.5, 0.6) is 0 Å². The Bertz CT molecular complexity index is 483. The molecule has 2 aromatic rings. The summed E-state index contributed by atoms with van der Waals surface area (Å²) >= 11 is 0. The van der Waals surface area contributed by atoms with E-state index < -0.39 is 0 Å². The molecule has 0 atom stereocenters. The van der Waals surface area contributed by atoms with E-state index in [-0.39, 0.29) is 0 Å². The summed E-state index contributed by atoms with van der Waals surface area (Å²) in [4.78, 5) is 0. The van der Waals surface area contributed by atoms with E-state index in [1.807, 2.05) is 42.5 Å². The average molecular weight is 242 g/mol. The van der Waals surface area contributed by atoms with Crippen molar-refractivity contribution in [3.63, 3.8) is 0 Å². The van der Waals surface area contributed by atoms with E-state index in [4.69, 9.17) is 9.15 Å². The Morgan fingerprint density at radius 3 is 2.67 bits per heavy atom. The first-order chi connectivity index (χ1) is 8.88. The van der Waals surface area contributed by atoms with E-state index in [9.17, 15) is 0 Å². The van der Waals surface area contributed by atoms with Gasteiger partial charge in [0.2, 0.25) is 0 Å². The molecule has 1 aromatic heterocycles. The van der Waals surface area contributed by atoms with Gasteiger partial charge in [-0.05, 0) is 23.8 Å². The number of furan rings is 1. The van der Waals surface area contributed by atoms with Crippen LogP contribution in [0.25, 0.3) is 6.08 Å². The Hall–Kier alpha value is -1.80. The summed E-state index contributed by atoms with van der Waals surface area (Å²) in [5, 5.41) is 0. The fourth-order valence-electron chi connectivity index (χ4n) is 1.66. The lowest BCUT2D eigenvalue weighted by Gasteiger charge is -2.00. The highest BCUT2D eigenvalue weighted by molar-refractivity contribution is 5.42. The zero-order valence-corrected chi connectivity index (χ0v) is 10.6. The average Bonchev–Trinajstić information content (AvgIpc) is 2.87. The van der Waals surface area contributed by atoms with Crippen LogP contribution in [0.3, 0.4) is 0 Å². The van der Waals surface area contributed by atoms with Crippen molar-refractivity contribution in [3.8, 4) is 0 Å². The van der Waals surface area contributed by atoms with E-state index in [1.54, 1.807) is 0 Å². The van der Waals surface area contributed by atoms with Crippen molar-refractivity contribution < 1.29 is 9.15 Å². The van der Waals surface area contributed by atoms with Crippen LogP contribution < -0.4 is 0 Å². The van der Waals surface area contributed by atoms with E-state index in [0.29, 0.717) is 13.2 Å². The predicted molar refractivity (Wildman–Crippen MR) is 73.2 cm³/mol. The van der Waals surface area contributed by atoms with Gasteiger partial charge in [0, 0.05) is 6.42 Å². The molecule has 0 unspecified atom stereocenters. The van der Waals surface area contributed by atoms with Crippen molar-refractivity contribution in [2.45, 2.75) is 20.0 Å². The Balaban J connectivity index is 1.72. The van der Waals surface area contributed by atoms with Crippen LogP contribution in [-0.4, -0.2) is 6.61 Å². The zero-order chi connectivity index (χ0) is 12.6. The molecule has 1 aromatic carbocycles. The topological polar surface area (TPSA) is 22.4 Å². The van der Waals surface area contributed by atoms with Gasteiger partial charge < -0.3 is 9.15 Å². The van der Waals surface area contributed by atoms with Gasteiger partial charge in [-0.15, -0.1) is 0 Å². The molecule has 2 rings (SSSR count). The Kier molecular flexibility index (Phi) is 4.79. The molecule has 0 bridgehead atoms. The van der Waals surface area contributed by atoms with E-state index in [2.05, 4.69) is 19.1 Å². The molecule has 0 fully saturated rings. The molecule has 0 amide bonds. The standard InChI is InChI=1S/C16H18O2/c1-2-15-10-11-16(18-15)9-6-12-17-13-14-7-4-3-5-8-14/h3-11H,2,12-13H2,1H3/b9-6+. The van der Waals surface area contributed by atoms with Crippen LogP contribution in [-0.2, 0) is 17.8 Å². The molecule has 0 aliphatic rings. The van der Waals surface area contributed by atoms with Crippen molar-refractivity contribution in [1.29, 1.82) is 0 Å². The number of hydrogen-bond acceptors (Lipinski definition) is 2. The lowest BCUT2D eigenvalue weighted by molar-refractivity contribution is 0.149. The zero-order valence-electron chi connectivity index (χ0n) is 10.6. The molecular weight excluding hydrogens is 224 g/mol. The highest BCUT2D eigenvalue weighted by Crippen LogP contribution is 2.09. The first-order valence-corrected chi connectivity index (χ1v) is 6.25. The van der Waals surface area contributed by atoms with Crippen LogP contribution >= 0.6 is 0 Å². The Labute approximate surface area is 108 Å². The van der Waals surface area contributed by atoms with Gasteiger partial charge >= 0.3 is 0 Å². The normalized spacial score (nSPS) is 11.2. The number of hydrogen-bond donors (Lipinski definition) is 0. The third kappa shape index (κ3) is 3.90. The quantitative estimate of drug-likeness (QED) is 0.712. The smallest absolute Gasteiger partial charge is 0.126 e. The second-order valence-electron chi connectivity index (χ2n) is 4.06. The lowest BCUT2D eigenvalue weighted by atomic mass is 10.2. The summed E-state index contributed by atoms with van der Waals surface area (Å²) in [6.45, 7) is 3.32. The van der Waals surface area contributed by atoms with Gasteiger partial charge in [-0.3, -0.25) is 0 Å². The first kappa shape index (κ1) is 12.7. The van der Waals surface area contributed by atoms with Gasteiger partial charge in [0.15, 0.2) is 0 Å². The molecule has 0 radical (unpaired) electrons. The van der Waals surface area contributed by atoms with Crippen LogP contribution in [0, 0.1) is 0 Å². The molecule has 18 heavy (non-hydrogen) atoms. The molecule has 0 spiro atoms. The van der Waals surface area contributed by atoms with Crippen molar-refractivity contribution >= 4 is 6.08 Å². The largest absolute Gasteiger partial charge is 0.462 e. The molecule has 0 aliphatic carbocycles. The van der Waals surface area contributed by atoms with Crippen LogP contribution in [0.1, 0.15) is 24.0 Å². The van der Waals surface area contributed by atoms with E-state index in [1.165, 1.54) is 5.56 Å². The number of aryl methyl sites for hydroxylation is 1. The van der Waals surface area contributed by atoms with Crippen LogP contribution in [0.15, 0.2) is 53.0 Å². The van der Waals surface area contributed by atoms with Crippen LogP contribution in [0.2, 0.25) is 0 Å². The molecule has 2 heteroatoms. The van der Waals surface area contributed by atoms with Crippen molar-refractivity contribution in [1.82, 2.24) is 0 Å². The predicted octanol–water partition coefficient (Wildman–Crippen LogP) is 4.07. The molecule has 2 nitrogen and oxygen atoms in total. The van der Waals surface area contributed by atoms with Gasteiger partial charge in [-0.2, -0.15) is 0 Å². The van der Waals surface area contributed by atoms with Gasteiger partial charge in [0.05, 0.1) is 13.2 Å². The Morgan fingerprint density at radius 1 is 1.11 bits per heavy atom.